The molecule has 0 aliphatic rings. The molecule has 22 heavy (non-hydrogen) atoms. The van der Waals surface area contributed by atoms with Crippen molar-refractivity contribution >= 4 is 28.4 Å². The number of anilines is 1. The number of benzene rings is 2. The number of Topliss-reactive ketones (excluding diaryl/α,β-unsaturated/α-hetero) is 1. The van der Waals surface area contributed by atoms with Crippen molar-refractivity contribution in [3.05, 3.63) is 66.0 Å². The van der Waals surface area contributed by atoms with Gasteiger partial charge in [-0.2, -0.15) is 10.5 Å². The van der Waals surface area contributed by atoms with Crippen molar-refractivity contribution in [2.75, 3.05) is 10.8 Å². The summed E-state index contributed by atoms with van der Waals surface area (Å²) in [5.74, 6) is -0.786. The van der Waals surface area contributed by atoms with E-state index in [1.54, 1.807) is 24.3 Å². The number of para-hydroxylation sites is 1. The minimum atomic E-state index is -0.474. The van der Waals surface area contributed by atoms with Crippen LogP contribution in [0.25, 0.3) is 0 Å². The number of thioether (sulfide) groups is 1. The monoisotopic (exact) mass is 316 g/mol. The minimum absolute atomic E-state index is 0.0266. The molecule has 112 valence electrons. The van der Waals surface area contributed by atoms with E-state index in [1.165, 1.54) is 18.2 Å². The van der Waals surface area contributed by atoms with Crippen LogP contribution in [-0.2, 0) is 0 Å². The second kappa shape index (κ2) is 7.46. The summed E-state index contributed by atoms with van der Waals surface area (Å²) in [7, 11) is 0. The van der Waals surface area contributed by atoms with Gasteiger partial charge in [-0.25, -0.2) is 4.39 Å². The Labute approximate surface area is 131 Å². The number of hydrogen-bond acceptors (Lipinski definition) is 5. The Morgan fingerprint density at radius 3 is 2.55 bits per heavy atom. The first kappa shape index (κ1) is 15.8. The lowest BCUT2D eigenvalue weighted by Crippen LogP contribution is -2.22. The third kappa shape index (κ3) is 3.98. The quantitative estimate of drug-likeness (QED) is 0.286. The fraction of sp³-hybridized carbons (Fsp3) is 0.0667. The molecule has 2 N–H and O–H groups in total. The summed E-state index contributed by atoms with van der Waals surface area (Å²) < 4.78 is 13.1. The summed E-state index contributed by atoms with van der Waals surface area (Å²) in [6.45, 7) is 0. The summed E-state index contributed by atoms with van der Waals surface area (Å²) in [5.41, 5.74) is 7.99. The second-order valence-electron chi connectivity index (χ2n) is 4.27. The molecular formula is C15H13FN4OS. The SMILES string of the molecule is N=NN(C(=N)SCC(=O)c1cccc(F)c1)c1ccccc1. The lowest BCUT2D eigenvalue weighted by Gasteiger charge is -2.16. The molecular weight excluding hydrogens is 303 g/mol. The molecule has 0 bridgehead atoms. The molecule has 2 aromatic rings. The first-order chi connectivity index (χ1) is 10.6. The largest absolute Gasteiger partial charge is 0.293 e. The highest BCUT2D eigenvalue weighted by molar-refractivity contribution is 8.14. The zero-order valence-electron chi connectivity index (χ0n) is 11.5. The number of nitrogens with one attached hydrogen (secondary N) is 2. The van der Waals surface area contributed by atoms with Crippen LogP contribution in [0.5, 0.6) is 0 Å². The Hall–Kier alpha value is -2.54. The highest BCUT2D eigenvalue weighted by atomic mass is 32.2. The van der Waals surface area contributed by atoms with Crippen molar-refractivity contribution in [2.45, 2.75) is 0 Å². The lowest BCUT2D eigenvalue weighted by atomic mass is 10.1. The van der Waals surface area contributed by atoms with Gasteiger partial charge in [-0.05, 0) is 24.3 Å². The average molecular weight is 316 g/mol. The fourth-order valence-electron chi connectivity index (χ4n) is 1.73. The number of amidine groups is 1. The van der Waals surface area contributed by atoms with E-state index in [-0.39, 0.29) is 22.3 Å². The number of hydrogen-bond donors (Lipinski definition) is 2. The van der Waals surface area contributed by atoms with E-state index in [1.807, 2.05) is 6.07 Å². The molecule has 0 aliphatic heterocycles. The normalized spacial score (nSPS) is 10.0. The number of nitrogens with zero attached hydrogens (tertiary/aromatic N) is 2. The molecule has 7 heteroatoms. The van der Waals surface area contributed by atoms with Crippen LogP contribution < -0.4 is 5.01 Å². The van der Waals surface area contributed by atoms with Crippen LogP contribution in [0.1, 0.15) is 10.4 Å². The minimum Gasteiger partial charge on any atom is -0.293 e. The lowest BCUT2D eigenvalue weighted by molar-refractivity contribution is 0.102. The molecule has 0 unspecified atom stereocenters. The molecule has 5 nitrogen and oxygen atoms in total. The van der Waals surface area contributed by atoms with E-state index in [4.69, 9.17) is 10.9 Å². The molecule has 0 aromatic heterocycles. The maximum Gasteiger partial charge on any atom is 0.183 e. The number of carbonyl (C=O) groups is 1. The molecule has 0 aliphatic carbocycles. The molecule has 0 radical (unpaired) electrons. The maximum atomic E-state index is 13.1. The third-order valence-electron chi connectivity index (χ3n) is 2.78. The first-order valence-corrected chi connectivity index (χ1v) is 7.33. The standard InChI is InChI=1S/C15H13FN4OS/c16-12-6-4-5-11(9-12)14(21)10-22-15(17)20(19-18)13-7-2-1-3-8-13/h1-9,17-18H,10H2. The highest BCUT2D eigenvalue weighted by Gasteiger charge is 2.15. The molecule has 2 rings (SSSR count). The van der Waals surface area contributed by atoms with Crippen molar-refractivity contribution < 1.29 is 9.18 Å². The molecule has 0 spiro atoms. The number of rotatable bonds is 5. The molecule has 0 amide bonds. The van der Waals surface area contributed by atoms with Crippen LogP contribution >= 0.6 is 11.8 Å². The molecule has 0 atom stereocenters. The van der Waals surface area contributed by atoms with Gasteiger partial charge in [-0.15, -0.1) is 0 Å². The van der Waals surface area contributed by atoms with E-state index < -0.39 is 5.82 Å². The second-order valence-corrected chi connectivity index (χ2v) is 5.24. The molecule has 0 fully saturated rings. The summed E-state index contributed by atoms with van der Waals surface area (Å²) in [5, 5.41) is 12.3. The Morgan fingerprint density at radius 2 is 1.91 bits per heavy atom. The van der Waals surface area contributed by atoms with E-state index >= 15 is 0 Å². The molecule has 0 heterocycles. The van der Waals surface area contributed by atoms with Crippen LogP contribution in [0.2, 0.25) is 0 Å². The number of carbonyl (C=O) groups excluding carboxylic acids is 1. The Balaban J connectivity index is 2.00. The zero-order valence-corrected chi connectivity index (χ0v) is 12.3. The Morgan fingerprint density at radius 1 is 1.18 bits per heavy atom. The molecule has 2 aromatic carbocycles. The van der Waals surface area contributed by atoms with E-state index in [0.717, 1.165) is 22.8 Å². The fourth-order valence-corrected chi connectivity index (χ4v) is 2.43. The number of halogens is 1. The predicted octanol–water partition coefficient (Wildman–Crippen LogP) is 4.13. The summed E-state index contributed by atoms with van der Waals surface area (Å²) in [4.78, 5) is 12.0. The van der Waals surface area contributed by atoms with Gasteiger partial charge in [0.05, 0.1) is 11.4 Å². The van der Waals surface area contributed by atoms with Crippen molar-refractivity contribution in [1.82, 2.24) is 0 Å². The van der Waals surface area contributed by atoms with Gasteiger partial charge >= 0.3 is 0 Å². The van der Waals surface area contributed by atoms with Gasteiger partial charge in [0.15, 0.2) is 11.0 Å². The van der Waals surface area contributed by atoms with Gasteiger partial charge in [-0.1, -0.05) is 47.3 Å². The molecule has 0 saturated heterocycles. The van der Waals surface area contributed by atoms with Gasteiger partial charge in [-0.3, -0.25) is 10.2 Å². The Kier molecular flexibility index (Phi) is 5.37. The van der Waals surface area contributed by atoms with Crippen molar-refractivity contribution in [1.29, 1.82) is 10.9 Å². The average Bonchev–Trinajstić information content (AvgIpc) is 2.54. The van der Waals surface area contributed by atoms with Gasteiger partial charge in [0.25, 0.3) is 0 Å². The highest BCUT2D eigenvalue weighted by Crippen LogP contribution is 2.19. The van der Waals surface area contributed by atoms with Crippen LogP contribution in [0, 0.1) is 16.8 Å². The van der Waals surface area contributed by atoms with Gasteiger partial charge in [0.1, 0.15) is 5.82 Å². The van der Waals surface area contributed by atoms with Crippen molar-refractivity contribution in [3.63, 3.8) is 0 Å². The maximum absolute atomic E-state index is 13.1. The summed E-state index contributed by atoms with van der Waals surface area (Å²) in [6, 6.07) is 14.2. The third-order valence-corrected chi connectivity index (χ3v) is 3.63. The van der Waals surface area contributed by atoms with E-state index in [0.29, 0.717) is 5.69 Å². The van der Waals surface area contributed by atoms with Crippen molar-refractivity contribution in [2.24, 2.45) is 5.22 Å². The van der Waals surface area contributed by atoms with Gasteiger partial charge < -0.3 is 0 Å². The topological polar surface area (TPSA) is 80.4 Å². The van der Waals surface area contributed by atoms with E-state index in [2.05, 4.69) is 5.22 Å². The zero-order chi connectivity index (χ0) is 15.9. The van der Waals surface area contributed by atoms with Crippen LogP contribution in [0.3, 0.4) is 0 Å². The number of ketones is 1. The van der Waals surface area contributed by atoms with Gasteiger partial charge in [0, 0.05) is 5.56 Å². The summed E-state index contributed by atoms with van der Waals surface area (Å²) >= 11 is 0.936. The molecule has 0 saturated carbocycles. The van der Waals surface area contributed by atoms with Crippen LogP contribution in [0.4, 0.5) is 10.1 Å². The summed E-state index contributed by atoms with van der Waals surface area (Å²) in [6.07, 6.45) is 0. The van der Waals surface area contributed by atoms with Crippen LogP contribution in [0.15, 0.2) is 59.8 Å². The van der Waals surface area contributed by atoms with Gasteiger partial charge in [0.2, 0.25) is 0 Å². The predicted molar refractivity (Wildman–Crippen MR) is 85.0 cm³/mol. The Bertz CT molecular complexity index is 693. The smallest absolute Gasteiger partial charge is 0.183 e. The van der Waals surface area contributed by atoms with Crippen LogP contribution in [-0.4, -0.2) is 16.7 Å². The first-order valence-electron chi connectivity index (χ1n) is 6.34. The van der Waals surface area contributed by atoms with Crippen molar-refractivity contribution in [3.8, 4) is 0 Å². The van der Waals surface area contributed by atoms with E-state index in [9.17, 15) is 9.18 Å².